The minimum absolute atomic E-state index is 0.0171. The van der Waals surface area contributed by atoms with Crippen LogP contribution in [0.15, 0.2) is 72.2 Å². The quantitative estimate of drug-likeness (QED) is 0.419. The van der Waals surface area contributed by atoms with Gasteiger partial charge < -0.3 is 10.6 Å². The number of nitrogens with zero attached hydrogens (tertiary/aromatic N) is 1. The largest absolute Gasteiger partial charge is 0.349 e. The highest BCUT2D eigenvalue weighted by Gasteiger charge is 2.10. The Morgan fingerprint density at radius 2 is 1.97 bits per heavy atom. The highest BCUT2D eigenvalue weighted by molar-refractivity contribution is 7.12. The maximum absolute atomic E-state index is 11.8. The molecule has 0 radical (unpaired) electrons. The molecule has 1 unspecified atom stereocenters. The van der Waals surface area contributed by atoms with Crippen LogP contribution >= 0.6 is 11.3 Å². The summed E-state index contributed by atoms with van der Waals surface area (Å²) in [5, 5.41) is 15.1. The van der Waals surface area contributed by atoms with E-state index in [2.05, 4.69) is 33.0 Å². The lowest BCUT2D eigenvalue weighted by Crippen LogP contribution is -2.33. The standard InChI is InChI=1S/C14H15NOS.C8H7N3O/c1-11(10-12-6-3-2-4-7-12)15-14(16)13-8-5-9-17-13;12-5-9-7-2-1-3-8-6(7)4-10-11-8/h2-9,11H,10H2,1H3,(H,15,16);1-5H,(H,9,12)(H,10,11). The summed E-state index contributed by atoms with van der Waals surface area (Å²) in [5.41, 5.74) is 2.93. The highest BCUT2D eigenvalue weighted by Crippen LogP contribution is 2.19. The van der Waals surface area contributed by atoms with Crippen molar-refractivity contribution in [2.45, 2.75) is 19.4 Å². The topological polar surface area (TPSA) is 86.9 Å². The number of H-pyrrole nitrogens is 1. The molecule has 0 bridgehead atoms. The van der Waals surface area contributed by atoms with Crippen LogP contribution in [0, 0.1) is 0 Å². The molecule has 0 aliphatic heterocycles. The molecule has 6 nitrogen and oxygen atoms in total. The number of benzene rings is 2. The number of anilines is 1. The van der Waals surface area contributed by atoms with Crippen LogP contribution in [0.4, 0.5) is 5.69 Å². The molecule has 0 aliphatic carbocycles. The van der Waals surface area contributed by atoms with E-state index in [-0.39, 0.29) is 11.9 Å². The predicted molar refractivity (Wildman–Crippen MR) is 117 cm³/mol. The molecule has 2 aromatic carbocycles. The molecule has 0 aliphatic rings. The number of amides is 2. The molecule has 2 aromatic heterocycles. The molecule has 2 amide bonds. The lowest BCUT2D eigenvalue weighted by atomic mass is 10.1. The van der Waals surface area contributed by atoms with Gasteiger partial charge in [0.15, 0.2) is 0 Å². The molecular weight excluding hydrogens is 384 g/mol. The van der Waals surface area contributed by atoms with Crippen LogP contribution in [0.2, 0.25) is 0 Å². The summed E-state index contributed by atoms with van der Waals surface area (Å²) in [5.74, 6) is 0.0171. The Labute approximate surface area is 173 Å². The van der Waals surface area contributed by atoms with Crippen molar-refractivity contribution >= 4 is 40.2 Å². The number of rotatable bonds is 6. The van der Waals surface area contributed by atoms with E-state index in [1.807, 2.05) is 60.8 Å². The second-order valence-electron chi connectivity index (χ2n) is 6.44. The number of thiophene rings is 1. The van der Waals surface area contributed by atoms with Crippen LogP contribution in [0.1, 0.15) is 22.2 Å². The third-order valence-electron chi connectivity index (χ3n) is 4.21. The average molecular weight is 407 g/mol. The summed E-state index contributed by atoms with van der Waals surface area (Å²) in [4.78, 5) is 22.8. The van der Waals surface area contributed by atoms with E-state index in [0.29, 0.717) is 6.41 Å². The van der Waals surface area contributed by atoms with Crippen molar-refractivity contribution in [3.63, 3.8) is 0 Å². The molecule has 3 N–H and O–H groups in total. The van der Waals surface area contributed by atoms with Gasteiger partial charge in [-0.1, -0.05) is 42.5 Å². The number of aromatic amines is 1. The van der Waals surface area contributed by atoms with Gasteiger partial charge in [0.05, 0.1) is 22.3 Å². The molecule has 0 fully saturated rings. The number of hydrogen-bond donors (Lipinski definition) is 3. The van der Waals surface area contributed by atoms with E-state index in [9.17, 15) is 9.59 Å². The van der Waals surface area contributed by atoms with E-state index in [4.69, 9.17) is 0 Å². The molecule has 0 spiro atoms. The normalized spacial score (nSPS) is 11.2. The van der Waals surface area contributed by atoms with Crippen LogP contribution < -0.4 is 10.6 Å². The van der Waals surface area contributed by atoms with Crippen molar-refractivity contribution in [1.29, 1.82) is 0 Å². The number of nitrogens with one attached hydrogen (secondary N) is 3. The van der Waals surface area contributed by atoms with Gasteiger partial charge in [0.2, 0.25) is 6.41 Å². The summed E-state index contributed by atoms with van der Waals surface area (Å²) in [6.07, 6.45) is 3.20. The molecular formula is C22H22N4O2S. The van der Waals surface area contributed by atoms with Crippen LogP contribution in [-0.4, -0.2) is 28.6 Å². The van der Waals surface area contributed by atoms with Crippen molar-refractivity contribution in [3.05, 3.63) is 82.7 Å². The summed E-state index contributed by atoms with van der Waals surface area (Å²) in [6.45, 7) is 2.03. The Hall–Kier alpha value is -3.45. The van der Waals surface area contributed by atoms with Crippen LogP contribution in [0.3, 0.4) is 0 Å². The first-order valence-electron chi connectivity index (χ1n) is 9.18. The zero-order chi connectivity index (χ0) is 20.5. The third kappa shape index (κ3) is 5.76. The van der Waals surface area contributed by atoms with E-state index in [1.165, 1.54) is 16.9 Å². The minimum atomic E-state index is 0.0171. The van der Waals surface area contributed by atoms with Crippen molar-refractivity contribution in [1.82, 2.24) is 15.5 Å². The number of fused-ring (bicyclic) bond motifs is 1. The molecule has 4 rings (SSSR count). The smallest absolute Gasteiger partial charge is 0.261 e. The Morgan fingerprint density at radius 3 is 2.69 bits per heavy atom. The molecule has 2 heterocycles. The number of carbonyl (C=O) groups is 2. The van der Waals surface area contributed by atoms with Crippen molar-refractivity contribution in [2.75, 3.05) is 5.32 Å². The van der Waals surface area contributed by atoms with Gasteiger partial charge in [0.1, 0.15) is 0 Å². The third-order valence-corrected chi connectivity index (χ3v) is 5.08. The predicted octanol–water partition coefficient (Wildman–Crippen LogP) is 4.24. The fourth-order valence-corrected chi connectivity index (χ4v) is 3.51. The maximum atomic E-state index is 11.8. The monoisotopic (exact) mass is 406 g/mol. The second-order valence-corrected chi connectivity index (χ2v) is 7.39. The number of aromatic nitrogens is 2. The molecule has 7 heteroatoms. The van der Waals surface area contributed by atoms with Gasteiger partial charge in [0, 0.05) is 11.4 Å². The van der Waals surface area contributed by atoms with Gasteiger partial charge in [-0.3, -0.25) is 14.7 Å². The van der Waals surface area contributed by atoms with Crippen molar-refractivity contribution in [2.24, 2.45) is 0 Å². The van der Waals surface area contributed by atoms with Gasteiger partial charge in [0.25, 0.3) is 5.91 Å². The van der Waals surface area contributed by atoms with E-state index in [1.54, 1.807) is 6.20 Å². The van der Waals surface area contributed by atoms with Crippen molar-refractivity contribution in [3.8, 4) is 0 Å². The molecule has 4 aromatic rings. The van der Waals surface area contributed by atoms with Gasteiger partial charge in [-0.05, 0) is 42.5 Å². The van der Waals surface area contributed by atoms with Gasteiger partial charge in [-0.15, -0.1) is 11.3 Å². The van der Waals surface area contributed by atoms with Gasteiger partial charge >= 0.3 is 0 Å². The lowest BCUT2D eigenvalue weighted by molar-refractivity contribution is -0.105. The Kier molecular flexibility index (Phi) is 7.13. The highest BCUT2D eigenvalue weighted by atomic mass is 32.1. The van der Waals surface area contributed by atoms with E-state index in [0.717, 1.165) is 27.9 Å². The SMILES string of the molecule is CC(Cc1ccccc1)NC(=O)c1cccs1.O=CNc1cccc2[nH]ncc12. The second kappa shape index (κ2) is 10.2. The molecule has 0 saturated heterocycles. The fourth-order valence-electron chi connectivity index (χ4n) is 2.88. The zero-order valence-electron chi connectivity index (χ0n) is 16.0. The van der Waals surface area contributed by atoms with Crippen LogP contribution in [-0.2, 0) is 11.2 Å². The molecule has 1 atom stereocenters. The van der Waals surface area contributed by atoms with Gasteiger partial charge in [-0.2, -0.15) is 5.10 Å². The van der Waals surface area contributed by atoms with Crippen LogP contribution in [0.5, 0.6) is 0 Å². The van der Waals surface area contributed by atoms with Crippen molar-refractivity contribution < 1.29 is 9.59 Å². The Balaban J connectivity index is 0.000000176. The first-order chi connectivity index (χ1) is 14.2. The minimum Gasteiger partial charge on any atom is -0.349 e. The molecule has 29 heavy (non-hydrogen) atoms. The lowest BCUT2D eigenvalue weighted by Gasteiger charge is -2.13. The Bertz CT molecular complexity index is 1050. The Morgan fingerprint density at radius 1 is 1.14 bits per heavy atom. The molecule has 0 saturated carbocycles. The number of hydrogen-bond acceptors (Lipinski definition) is 4. The summed E-state index contributed by atoms with van der Waals surface area (Å²) >= 11 is 1.47. The summed E-state index contributed by atoms with van der Waals surface area (Å²) in [6, 6.07) is 19.6. The first kappa shape index (κ1) is 20.3. The number of carbonyl (C=O) groups excluding carboxylic acids is 2. The van der Waals surface area contributed by atoms with E-state index < -0.39 is 0 Å². The average Bonchev–Trinajstić information content (AvgIpc) is 3.42. The van der Waals surface area contributed by atoms with Crippen LogP contribution in [0.25, 0.3) is 10.9 Å². The summed E-state index contributed by atoms with van der Waals surface area (Å²) < 4.78 is 0. The van der Waals surface area contributed by atoms with Gasteiger partial charge in [-0.25, -0.2) is 0 Å². The summed E-state index contributed by atoms with van der Waals surface area (Å²) in [7, 11) is 0. The zero-order valence-corrected chi connectivity index (χ0v) is 16.8. The van der Waals surface area contributed by atoms with E-state index >= 15 is 0 Å². The molecule has 148 valence electrons. The maximum Gasteiger partial charge on any atom is 0.261 e. The first-order valence-corrected chi connectivity index (χ1v) is 10.1. The fraction of sp³-hybridized carbons (Fsp3) is 0.136.